The molecule has 0 amide bonds. The number of aliphatic hydroxyl groups is 1. The van der Waals surface area contributed by atoms with E-state index in [2.05, 4.69) is 23.2 Å². The molecule has 1 heterocycles. The number of anilines is 1. The van der Waals surface area contributed by atoms with Gasteiger partial charge in [-0.2, -0.15) is 0 Å². The van der Waals surface area contributed by atoms with Gasteiger partial charge in [-0.3, -0.25) is 0 Å². The van der Waals surface area contributed by atoms with E-state index in [0.717, 1.165) is 31.1 Å². The molecule has 1 aromatic carbocycles. The number of benzene rings is 1. The zero-order valence-corrected chi connectivity index (χ0v) is 12.3. The summed E-state index contributed by atoms with van der Waals surface area (Å²) in [4.78, 5) is 2.42. The van der Waals surface area contributed by atoms with Crippen molar-refractivity contribution in [2.45, 2.75) is 38.8 Å². The maximum Gasteiger partial charge on any atom is 0.0471 e. The molecule has 1 aliphatic heterocycles. The van der Waals surface area contributed by atoms with Crippen LogP contribution in [0.2, 0.25) is 5.02 Å². The van der Waals surface area contributed by atoms with Crippen LogP contribution in [0.15, 0.2) is 18.2 Å². The topological polar surface area (TPSA) is 35.5 Å². The van der Waals surface area contributed by atoms with Gasteiger partial charge in [-0.15, -0.1) is 0 Å². The Morgan fingerprint density at radius 2 is 2.11 bits per heavy atom. The summed E-state index contributed by atoms with van der Waals surface area (Å²) in [5.74, 6) is 0. The van der Waals surface area contributed by atoms with Crippen LogP contribution in [0, 0.1) is 0 Å². The van der Waals surface area contributed by atoms with E-state index in [1.165, 1.54) is 24.1 Å². The summed E-state index contributed by atoms with van der Waals surface area (Å²) in [6.45, 7) is 5.31. The third-order valence-corrected chi connectivity index (χ3v) is 4.08. The third kappa shape index (κ3) is 3.85. The summed E-state index contributed by atoms with van der Waals surface area (Å²) in [6.07, 6.45) is 3.30. The molecule has 0 bridgehead atoms. The fourth-order valence-corrected chi connectivity index (χ4v) is 2.78. The van der Waals surface area contributed by atoms with Gasteiger partial charge < -0.3 is 15.3 Å². The molecule has 106 valence electrons. The predicted octanol–water partition coefficient (Wildman–Crippen LogP) is 2.80. The highest BCUT2D eigenvalue weighted by atomic mass is 35.5. The van der Waals surface area contributed by atoms with E-state index in [-0.39, 0.29) is 6.61 Å². The Balaban J connectivity index is 2.09. The number of nitrogens with zero attached hydrogens (tertiary/aromatic N) is 1. The van der Waals surface area contributed by atoms with Gasteiger partial charge in [0.05, 0.1) is 0 Å². The second-order valence-electron chi connectivity index (χ2n) is 5.23. The summed E-state index contributed by atoms with van der Waals surface area (Å²) in [5.41, 5.74) is 2.43. The first-order valence-electron chi connectivity index (χ1n) is 7.09. The minimum Gasteiger partial charge on any atom is -0.396 e. The van der Waals surface area contributed by atoms with Gasteiger partial charge in [0.25, 0.3) is 0 Å². The van der Waals surface area contributed by atoms with Crippen LogP contribution >= 0.6 is 11.6 Å². The molecule has 19 heavy (non-hydrogen) atoms. The van der Waals surface area contributed by atoms with E-state index in [4.69, 9.17) is 16.7 Å². The highest BCUT2D eigenvalue weighted by Gasteiger charge is 2.17. The van der Waals surface area contributed by atoms with Crippen molar-refractivity contribution >= 4 is 17.3 Å². The molecule has 0 radical (unpaired) electrons. The van der Waals surface area contributed by atoms with Crippen molar-refractivity contribution in [2.75, 3.05) is 24.6 Å². The Morgan fingerprint density at radius 3 is 2.79 bits per heavy atom. The molecule has 1 aromatic rings. The highest BCUT2D eigenvalue weighted by molar-refractivity contribution is 6.31. The monoisotopic (exact) mass is 282 g/mol. The van der Waals surface area contributed by atoms with E-state index in [1.807, 2.05) is 12.1 Å². The van der Waals surface area contributed by atoms with Gasteiger partial charge in [-0.25, -0.2) is 0 Å². The number of rotatable bonds is 6. The van der Waals surface area contributed by atoms with Gasteiger partial charge in [0.1, 0.15) is 0 Å². The van der Waals surface area contributed by atoms with Crippen molar-refractivity contribution in [3.63, 3.8) is 0 Å². The molecular formula is C15H23ClN2O. The number of halogens is 1. The Morgan fingerprint density at radius 1 is 1.37 bits per heavy atom. The van der Waals surface area contributed by atoms with Gasteiger partial charge in [-0.1, -0.05) is 17.7 Å². The fourth-order valence-electron chi connectivity index (χ4n) is 2.55. The van der Waals surface area contributed by atoms with E-state index < -0.39 is 0 Å². The quantitative estimate of drug-likeness (QED) is 0.842. The molecule has 1 atom stereocenters. The van der Waals surface area contributed by atoms with Crippen LogP contribution in [-0.2, 0) is 6.54 Å². The van der Waals surface area contributed by atoms with E-state index >= 15 is 0 Å². The first-order chi connectivity index (χ1) is 9.22. The van der Waals surface area contributed by atoms with Crippen LogP contribution < -0.4 is 10.2 Å². The standard InChI is InChI=1S/C15H23ClN2O/c1-12(7-10-19)17-11-13-14(16)5-4-6-15(13)18-8-2-3-9-18/h4-6,12,17,19H,2-3,7-11H2,1H3. The lowest BCUT2D eigenvalue weighted by Crippen LogP contribution is -2.28. The normalized spacial score (nSPS) is 16.9. The summed E-state index contributed by atoms with van der Waals surface area (Å²) in [6, 6.07) is 6.43. The zero-order chi connectivity index (χ0) is 13.7. The number of hydrogen-bond donors (Lipinski definition) is 2. The van der Waals surface area contributed by atoms with Crippen LogP contribution in [-0.4, -0.2) is 30.8 Å². The van der Waals surface area contributed by atoms with Gasteiger partial charge in [0, 0.05) is 48.6 Å². The smallest absolute Gasteiger partial charge is 0.0471 e. The van der Waals surface area contributed by atoms with E-state index in [0.29, 0.717) is 6.04 Å². The molecule has 1 fully saturated rings. The minimum atomic E-state index is 0.218. The van der Waals surface area contributed by atoms with Crippen molar-refractivity contribution in [1.82, 2.24) is 5.32 Å². The van der Waals surface area contributed by atoms with E-state index in [9.17, 15) is 0 Å². The number of hydrogen-bond acceptors (Lipinski definition) is 3. The molecule has 2 N–H and O–H groups in total. The first kappa shape index (κ1) is 14.6. The molecular weight excluding hydrogens is 260 g/mol. The van der Waals surface area contributed by atoms with Crippen LogP contribution in [0.25, 0.3) is 0 Å². The van der Waals surface area contributed by atoms with Crippen LogP contribution in [0.3, 0.4) is 0 Å². The molecule has 0 aliphatic carbocycles. The predicted molar refractivity (Wildman–Crippen MR) is 80.9 cm³/mol. The highest BCUT2D eigenvalue weighted by Crippen LogP contribution is 2.30. The lowest BCUT2D eigenvalue weighted by Gasteiger charge is -2.23. The van der Waals surface area contributed by atoms with Crippen molar-refractivity contribution in [2.24, 2.45) is 0 Å². The largest absolute Gasteiger partial charge is 0.396 e. The molecule has 0 aromatic heterocycles. The number of nitrogens with one attached hydrogen (secondary N) is 1. The second kappa shape index (κ2) is 7.13. The Kier molecular flexibility index (Phi) is 5.49. The molecule has 4 heteroatoms. The average molecular weight is 283 g/mol. The van der Waals surface area contributed by atoms with Gasteiger partial charge in [-0.05, 0) is 38.3 Å². The third-order valence-electron chi connectivity index (χ3n) is 3.73. The maximum atomic E-state index is 8.94. The summed E-state index contributed by atoms with van der Waals surface area (Å²) < 4.78 is 0. The lowest BCUT2D eigenvalue weighted by molar-refractivity contribution is 0.268. The van der Waals surface area contributed by atoms with Gasteiger partial charge in [0.2, 0.25) is 0 Å². The summed E-state index contributed by atoms with van der Waals surface area (Å²) in [7, 11) is 0. The number of aliphatic hydroxyl groups excluding tert-OH is 1. The molecule has 3 nitrogen and oxygen atoms in total. The molecule has 0 saturated carbocycles. The minimum absolute atomic E-state index is 0.218. The Labute approximate surface area is 120 Å². The second-order valence-corrected chi connectivity index (χ2v) is 5.63. The molecule has 0 spiro atoms. The average Bonchev–Trinajstić information content (AvgIpc) is 2.91. The van der Waals surface area contributed by atoms with Crippen LogP contribution in [0.1, 0.15) is 31.7 Å². The van der Waals surface area contributed by atoms with Crippen molar-refractivity contribution in [3.8, 4) is 0 Å². The van der Waals surface area contributed by atoms with E-state index in [1.54, 1.807) is 0 Å². The van der Waals surface area contributed by atoms with Gasteiger partial charge in [0.15, 0.2) is 0 Å². The Hall–Kier alpha value is -0.770. The molecule has 1 unspecified atom stereocenters. The maximum absolute atomic E-state index is 8.94. The molecule has 1 aliphatic rings. The SMILES string of the molecule is CC(CCO)NCc1c(Cl)cccc1N1CCCC1. The van der Waals surface area contributed by atoms with Crippen molar-refractivity contribution in [1.29, 1.82) is 0 Å². The van der Waals surface area contributed by atoms with Crippen molar-refractivity contribution < 1.29 is 5.11 Å². The summed E-state index contributed by atoms with van der Waals surface area (Å²) >= 11 is 6.35. The summed E-state index contributed by atoms with van der Waals surface area (Å²) in [5, 5.41) is 13.2. The zero-order valence-electron chi connectivity index (χ0n) is 11.5. The first-order valence-corrected chi connectivity index (χ1v) is 7.46. The fraction of sp³-hybridized carbons (Fsp3) is 0.600. The molecule has 1 saturated heterocycles. The van der Waals surface area contributed by atoms with Crippen molar-refractivity contribution in [3.05, 3.63) is 28.8 Å². The van der Waals surface area contributed by atoms with Crippen LogP contribution in [0.5, 0.6) is 0 Å². The van der Waals surface area contributed by atoms with Crippen LogP contribution in [0.4, 0.5) is 5.69 Å². The Bertz CT molecular complexity index is 405. The molecule has 2 rings (SSSR count). The van der Waals surface area contributed by atoms with Gasteiger partial charge >= 0.3 is 0 Å². The lowest BCUT2D eigenvalue weighted by atomic mass is 10.1.